The third kappa shape index (κ3) is 2.73. The number of ether oxygens (including phenoxy) is 2. The third-order valence-corrected chi connectivity index (χ3v) is 4.25. The van der Waals surface area contributed by atoms with E-state index in [1.807, 2.05) is 0 Å². The minimum Gasteiger partial charge on any atom is -0.379 e. The van der Waals surface area contributed by atoms with Crippen LogP contribution >= 0.6 is 0 Å². The zero-order valence-corrected chi connectivity index (χ0v) is 12.8. The maximum atomic E-state index is 5.64. The summed E-state index contributed by atoms with van der Waals surface area (Å²) in [4.78, 5) is 4.59. The Balaban J connectivity index is 2.20. The van der Waals surface area contributed by atoms with E-state index in [1.165, 1.54) is 0 Å². The molecule has 1 fully saturated rings. The van der Waals surface area contributed by atoms with Crippen LogP contribution in [0.5, 0.6) is 0 Å². The molecule has 2 unspecified atom stereocenters. The predicted octanol–water partition coefficient (Wildman–Crippen LogP) is 1.82. The molecule has 1 aromatic rings. The van der Waals surface area contributed by atoms with E-state index in [1.54, 1.807) is 7.11 Å². The monoisotopic (exact) mass is 283 g/mol. The molecule has 114 valence electrons. The van der Waals surface area contributed by atoms with Crippen molar-refractivity contribution in [1.82, 2.24) is 15.5 Å². The topological polar surface area (TPSA) is 69.4 Å². The molecule has 2 heterocycles. The van der Waals surface area contributed by atoms with Crippen LogP contribution in [0.4, 0.5) is 0 Å². The summed E-state index contributed by atoms with van der Waals surface area (Å²) in [5.74, 6) is 1.41. The van der Waals surface area contributed by atoms with Crippen molar-refractivity contribution in [2.24, 2.45) is 0 Å². The van der Waals surface area contributed by atoms with Crippen LogP contribution in [0.15, 0.2) is 4.52 Å². The fraction of sp³-hybridized carbons (Fsp3) is 0.857. The van der Waals surface area contributed by atoms with Crippen molar-refractivity contribution in [2.45, 2.75) is 51.2 Å². The Kier molecular flexibility index (Phi) is 5.12. The van der Waals surface area contributed by atoms with Crippen LogP contribution < -0.4 is 5.32 Å². The number of aromatic nitrogens is 2. The normalized spacial score (nSPS) is 23.4. The van der Waals surface area contributed by atoms with Crippen molar-refractivity contribution in [3.05, 3.63) is 11.7 Å². The molecule has 0 radical (unpaired) electrons. The van der Waals surface area contributed by atoms with Gasteiger partial charge in [0.25, 0.3) is 0 Å². The zero-order valence-electron chi connectivity index (χ0n) is 12.8. The molecule has 2 rings (SSSR count). The Morgan fingerprint density at radius 1 is 1.30 bits per heavy atom. The molecular formula is C14H25N3O3. The van der Waals surface area contributed by atoms with Gasteiger partial charge in [0.05, 0.1) is 19.1 Å². The summed E-state index contributed by atoms with van der Waals surface area (Å²) in [5, 5.41) is 7.54. The van der Waals surface area contributed by atoms with E-state index in [2.05, 4.69) is 36.2 Å². The summed E-state index contributed by atoms with van der Waals surface area (Å²) in [6.45, 7) is 8.44. The smallest absolute Gasteiger partial charge is 0.233 e. The summed E-state index contributed by atoms with van der Waals surface area (Å²) in [5.41, 5.74) is -0.450. The first-order valence-electron chi connectivity index (χ1n) is 7.41. The standard InChI is InChI=1S/C14H25N3O3/c1-5-14(6-2,18-4)13-16-12(20-17-13)10-8-19-9-11(10)15-7-3/h10-11,15H,5-9H2,1-4H3. The van der Waals surface area contributed by atoms with Gasteiger partial charge in [0.15, 0.2) is 0 Å². The molecule has 1 aliphatic heterocycles. The van der Waals surface area contributed by atoms with E-state index < -0.39 is 5.60 Å². The lowest BCUT2D eigenvalue weighted by molar-refractivity contribution is -0.0306. The zero-order chi connectivity index (χ0) is 14.6. The summed E-state index contributed by atoms with van der Waals surface area (Å²) in [7, 11) is 1.70. The van der Waals surface area contributed by atoms with Crippen molar-refractivity contribution < 1.29 is 14.0 Å². The predicted molar refractivity (Wildman–Crippen MR) is 74.6 cm³/mol. The van der Waals surface area contributed by atoms with Crippen LogP contribution in [0, 0.1) is 0 Å². The average Bonchev–Trinajstić information content (AvgIpc) is 3.11. The molecule has 6 nitrogen and oxygen atoms in total. The quantitative estimate of drug-likeness (QED) is 0.823. The Bertz CT molecular complexity index is 409. The number of hydrogen-bond acceptors (Lipinski definition) is 6. The van der Waals surface area contributed by atoms with E-state index in [0.29, 0.717) is 24.9 Å². The van der Waals surface area contributed by atoms with Gasteiger partial charge in [-0.1, -0.05) is 25.9 Å². The number of methoxy groups -OCH3 is 1. The van der Waals surface area contributed by atoms with Gasteiger partial charge >= 0.3 is 0 Å². The summed E-state index contributed by atoms with van der Waals surface area (Å²) in [6, 6.07) is 0.244. The van der Waals surface area contributed by atoms with Gasteiger partial charge in [-0.05, 0) is 19.4 Å². The van der Waals surface area contributed by atoms with Crippen LogP contribution in [0.3, 0.4) is 0 Å². The first-order chi connectivity index (χ1) is 9.70. The largest absolute Gasteiger partial charge is 0.379 e. The number of rotatable bonds is 7. The van der Waals surface area contributed by atoms with Gasteiger partial charge in [0.1, 0.15) is 5.60 Å². The van der Waals surface area contributed by atoms with Crippen molar-refractivity contribution in [3.8, 4) is 0 Å². The maximum absolute atomic E-state index is 5.64. The van der Waals surface area contributed by atoms with Crippen molar-refractivity contribution in [3.63, 3.8) is 0 Å². The number of nitrogens with one attached hydrogen (secondary N) is 1. The molecule has 1 N–H and O–H groups in total. The third-order valence-electron chi connectivity index (χ3n) is 4.25. The highest BCUT2D eigenvalue weighted by Gasteiger charge is 2.38. The van der Waals surface area contributed by atoms with Gasteiger partial charge in [-0.15, -0.1) is 0 Å². The minimum absolute atomic E-state index is 0.125. The highest BCUT2D eigenvalue weighted by atomic mass is 16.5. The van der Waals surface area contributed by atoms with Crippen LogP contribution in [-0.2, 0) is 15.1 Å². The van der Waals surface area contributed by atoms with E-state index in [0.717, 1.165) is 19.4 Å². The molecular weight excluding hydrogens is 258 g/mol. The molecule has 6 heteroatoms. The first kappa shape index (κ1) is 15.4. The Labute approximate surface area is 120 Å². The Hall–Kier alpha value is -0.980. The van der Waals surface area contributed by atoms with Crippen molar-refractivity contribution in [2.75, 3.05) is 26.9 Å². The molecule has 0 bridgehead atoms. The lowest BCUT2D eigenvalue weighted by Gasteiger charge is -2.26. The van der Waals surface area contributed by atoms with Gasteiger partial charge < -0.3 is 19.3 Å². The summed E-state index contributed by atoms with van der Waals surface area (Å²) >= 11 is 0. The molecule has 0 amide bonds. The lowest BCUT2D eigenvalue weighted by atomic mass is 9.96. The second-order valence-corrected chi connectivity index (χ2v) is 5.17. The molecule has 0 aromatic carbocycles. The first-order valence-corrected chi connectivity index (χ1v) is 7.41. The van der Waals surface area contributed by atoms with Crippen molar-refractivity contribution >= 4 is 0 Å². The molecule has 1 aliphatic rings. The van der Waals surface area contributed by atoms with Gasteiger partial charge in [-0.3, -0.25) is 0 Å². The fourth-order valence-corrected chi connectivity index (χ4v) is 2.78. The SMILES string of the molecule is CCNC1COCC1c1nc(C(CC)(CC)OC)no1. The minimum atomic E-state index is -0.450. The van der Waals surface area contributed by atoms with E-state index in [4.69, 9.17) is 14.0 Å². The lowest BCUT2D eigenvalue weighted by Crippen LogP contribution is -2.34. The molecule has 0 aliphatic carbocycles. The second-order valence-electron chi connectivity index (χ2n) is 5.17. The Morgan fingerprint density at radius 3 is 2.65 bits per heavy atom. The van der Waals surface area contributed by atoms with Crippen LogP contribution in [0.1, 0.15) is 51.2 Å². The number of likely N-dealkylation sites (N-methyl/N-ethyl adjacent to an activating group) is 1. The fourth-order valence-electron chi connectivity index (χ4n) is 2.78. The van der Waals surface area contributed by atoms with Crippen LogP contribution in [0.2, 0.25) is 0 Å². The van der Waals surface area contributed by atoms with Gasteiger partial charge in [-0.25, -0.2) is 0 Å². The summed E-state index contributed by atoms with van der Waals surface area (Å²) < 4.78 is 16.6. The highest BCUT2D eigenvalue weighted by Crippen LogP contribution is 2.32. The molecule has 1 saturated heterocycles. The second kappa shape index (κ2) is 6.65. The van der Waals surface area contributed by atoms with E-state index in [9.17, 15) is 0 Å². The number of nitrogens with zero attached hydrogens (tertiary/aromatic N) is 2. The Morgan fingerprint density at radius 2 is 2.05 bits per heavy atom. The van der Waals surface area contributed by atoms with Crippen molar-refractivity contribution in [1.29, 1.82) is 0 Å². The molecule has 0 spiro atoms. The molecule has 1 aromatic heterocycles. The maximum Gasteiger partial charge on any atom is 0.233 e. The average molecular weight is 283 g/mol. The highest BCUT2D eigenvalue weighted by molar-refractivity contribution is 5.07. The number of hydrogen-bond donors (Lipinski definition) is 1. The molecule has 0 saturated carbocycles. The molecule has 20 heavy (non-hydrogen) atoms. The summed E-state index contributed by atoms with van der Waals surface area (Å²) in [6.07, 6.45) is 1.63. The van der Waals surface area contributed by atoms with Gasteiger partial charge in [0.2, 0.25) is 11.7 Å². The van der Waals surface area contributed by atoms with Crippen LogP contribution in [-0.4, -0.2) is 43.1 Å². The van der Waals surface area contributed by atoms with Gasteiger partial charge in [0, 0.05) is 13.2 Å². The van der Waals surface area contributed by atoms with E-state index in [-0.39, 0.29) is 12.0 Å². The van der Waals surface area contributed by atoms with E-state index >= 15 is 0 Å². The van der Waals surface area contributed by atoms with Crippen LogP contribution in [0.25, 0.3) is 0 Å². The van der Waals surface area contributed by atoms with Gasteiger partial charge in [-0.2, -0.15) is 4.98 Å². The molecule has 2 atom stereocenters.